The molecule has 0 amide bonds. The van der Waals surface area contributed by atoms with Crippen molar-refractivity contribution in [3.8, 4) is 5.75 Å². The van der Waals surface area contributed by atoms with Gasteiger partial charge in [0.1, 0.15) is 5.75 Å². The van der Waals surface area contributed by atoms with Gasteiger partial charge in [0.15, 0.2) is 0 Å². The SMILES string of the molecule is CC(=O)Oc1cccc2c1Cc1ccccc1C21CCN(C)CC1. The number of nitrogens with zero attached hydrogens (tertiary/aromatic N) is 1. The fourth-order valence-electron chi connectivity index (χ4n) is 4.46. The summed E-state index contributed by atoms with van der Waals surface area (Å²) in [6, 6.07) is 15.0. The Kier molecular flexibility index (Phi) is 3.69. The summed E-state index contributed by atoms with van der Waals surface area (Å²) in [6.45, 7) is 3.65. The highest BCUT2D eigenvalue weighted by molar-refractivity contribution is 5.71. The van der Waals surface area contributed by atoms with Crippen LogP contribution in [0.3, 0.4) is 0 Å². The van der Waals surface area contributed by atoms with Crippen LogP contribution in [-0.2, 0) is 16.6 Å². The van der Waals surface area contributed by atoms with Crippen LogP contribution in [-0.4, -0.2) is 31.0 Å². The Hall–Kier alpha value is -2.13. The molecule has 1 fully saturated rings. The Bertz CT molecular complexity index is 788. The van der Waals surface area contributed by atoms with Gasteiger partial charge in [-0.05, 0) is 55.7 Å². The van der Waals surface area contributed by atoms with Crippen LogP contribution < -0.4 is 4.74 Å². The number of fused-ring (bicyclic) bond motifs is 4. The molecule has 2 aromatic rings. The Labute approximate surface area is 143 Å². The molecule has 0 unspecified atom stereocenters. The molecular formula is C21H23NO2. The zero-order chi connectivity index (χ0) is 16.7. The summed E-state index contributed by atoms with van der Waals surface area (Å²) in [5, 5.41) is 0. The van der Waals surface area contributed by atoms with Gasteiger partial charge in [0, 0.05) is 24.3 Å². The zero-order valence-corrected chi connectivity index (χ0v) is 14.3. The summed E-state index contributed by atoms with van der Waals surface area (Å²) >= 11 is 0. The predicted octanol–water partition coefficient (Wildman–Crippen LogP) is 3.53. The summed E-state index contributed by atoms with van der Waals surface area (Å²) in [6.07, 6.45) is 3.06. The van der Waals surface area contributed by atoms with Gasteiger partial charge in [0.05, 0.1) is 0 Å². The van der Waals surface area contributed by atoms with Crippen LogP contribution in [0.4, 0.5) is 0 Å². The third-order valence-corrected chi connectivity index (χ3v) is 5.64. The molecule has 1 aliphatic heterocycles. The molecule has 124 valence electrons. The van der Waals surface area contributed by atoms with E-state index in [0.29, 0.717) is 0 Å². The molecule has 0 saturated carbocycles. The fraction of sp³-hybridized carbons (Fsp3) is 0.381. The third kappa shape index (κ3) is 2.35. The van der Waals surface area contributed by atoms with Crippen LogP contribution in [0.15, 0.2) is 42.5 Å². The van der Waals surface area contributed by atoms with E-state index < -0.39 is 0 Å². The number of hydrogen-bond acceptors (Lipinski definition) is 3. The Morgan fingerprint density at radius 3 is 2.50 bits per heavy atom. The quantitative estimate of drug-likeness (QED) is 0.594. The standard InChI is InChI=1S/C21H23NO2/c1-15(23)24-20-9-5-8-19-17(20)14-16-6-3-4-7-18(16)21(19)10-12-22(2)13-11-21/h3-9H,10-14H2,1-2H3. The summed E-state index contributed by atoms with van der Waals surface area (Å²) in [5.74, 6) is 0.479. The summed E-state index contributed by atoms with van der Waals surface area (Å²) < 4.78 is 5.53. The Morgan fingerprint density at radius 1 is 1.04 bits per heavy atom. The number of benzene rings is 2. The second kappa shape index (κ2) is 5.75. The first kappa shape index (κ1) is 15.4. The van der Waals surface area contributed by atoms with Crippen molar-refractivity contribution in [2.45, 2.75) is 31.6 Å². The van der Waals surface area contributed by atoms with Gasteiger partial charge in [0.25, 0.3) is 0 Å². The molecule has 1 aliphatic carbocycles. The van der Waals surface area contributed by atoms with Crippen LogP contribution in [0.1, 0.15) is 42.0 Å². The molecule has 24 heavy (non-hydrogen) atoms. The largest absolute Gasteiger partial charge is 0.426 e. The summed E-state index contributed by atoms with van der Waals surface area (Å²) in [5.41, 5.74) is 5.43. The van der Waals surface area contributed by atoms with Gasteiger partial charge in [-0.2, -0.15) is 0 Å². The molecule has 0 N–H and O–H groups in total. The molecule has 1 heterocycles. The molecule has 3 heteroatoms. The highest BCUT2D eigenvalue weighted by Crippen LogP contribution is 2.49. The molecule has 4 rings (SSSR count). The van der Waals surface area contributed by atoms with Gasteiger partial charge in [-0.15, -0.1) is 0 Å². The van der Waals surface area contributed by atoms with E-state index >= 15 is 0 Å². The number of hydrogen-bond donors (Lipinski definition) is 0. The lowest BCUT2D eigenvalue weighted by Gasteiger charge is -2.46. The second-order valence-corrected chi connectivity index (χ2v) is 7.10. The van der Waals surface area contributed by atoms with Gasteiger partial charge in [-0.25, -0.2) is 0 Å². The van der Waals surface area contributed by atoms with Gasteiger partial charge in [0.2, 0.25) is 0 Å². The molecule has 3 nitrogen and oxygen atoms in total. The molecule has 2 aliphatic rings. The lowest BCUT2D eigenvalue weighted by atomic mass is 9.62. The minimum Gasteiger partial charge on any atom is -0.426 e. The number of carbonyl (C=O) groups is 1. The van der Waals surface area contributed by atoms with Crippen LogP contribution >= 0.6 is 0 Å². The van der Waals surface area contributed by atoms with Crippen LogP contribution in [0, 0.1) is 0 Å². The monoisotopic (exact) mass is 321 g/mol. The van der Waals surface area contributed by atoms with E-state index in [1.807, 2.05) is 12.1 Å². The second-order valence-electron chi connectivity index (χ2n) is 7.10. The number of rotatable bonds is 1. The Morgan fingerprint density at radius 2 is 1.75 bits per heavy atom. The molecule has 0 bridgehead atoms. The highest BCUT2D eigenvalue weighted by atomic mass is 16.5. The lowest BCUT2D eigenvalue weighted by Crippen LogP contribution is -2.44. The van der Waals surface area contributed by atoms with Crippen LogP contribution in [0.25, 0.3) is 0 Å². The number of likely N-dealkylation sites (tertiary alicyclic amines) is 1. The van der Waals surface area contributed by atoms with Crippen molar-refractivity contribution in [2.75, 3.05) is 20.1 Å². The van der Waals surface area contributed by atoms with E-state index in [2.05, 4.69) is 42.3 Å². The van der Waals surface area contributed by atoms with Crippen molar-refractivity contribution in [2.24, 2.45) is 0 Å². The van der Waals surface area contributed by atoms with Gasteiger partial charge < -0.3 is 9.64 Å². The van der Waals surface area contributed by atoms with Crippen LogP contribution in [0.5, 0.6) is 5.75 Å². The number of ether oxygens (including phenoxy) is 1. The molecule has 1 spiro atoms. The fourth-order valence-corrected chi connectivity index (χ4v) is 4.46. The van der Waals surface area contributed by atoms with E-state index in [0.717, 1.165) is 38.1 Å². The van der Waals surface area contributed by atoms with Gasteiger partial charge >= 0.3 is 5.97 Å². The first-order valence-corrected chi connectivity index (χ1v) is 8.68. The van der Waals surface area contributed by atoms with E-state index in [4.69, 9.17) is 4.74 Å². The van der Waals surface area contributed by atoms with E-state index in [9.17, 15) is 4.79 Å². The first-order valence-electron chi connectivity index (χ1n) is 8.68. The lowest BCUT2D eigenvalue weighted by molar-refractivity contribution is -0.131. The molecule has 1 saturated heterocycles. The number of carbonyl (C=O) groups excluding carboxylic acids is 1. The average molecular weight is 321 g/mol. The minimum atomic E-state index is -0.250. The maximum absolute atomic E-state index is 11.5. The molecular weight excluding hydrogens is 298 g/mol. The molecule has 0 radical (unpaired) electrons. The topological polar surface area (TPSA) is 29.5 Å². The van der Waals surface area contributed by atoms with Crippen molar-refractivity contribution in [1.29, 1.82) is 0 Å². The third-order valence-electron chi connectivity index (χ3n) is 5.64. The predicted molar refractivity (Wildman–Crippen MR) is 94.5 cm³/mol. The number of piperidine rings is 1. The molecule has 0 aromatic heterocycles. The van der Waals surface area contributed by atoms with Gasteiger partial charge in [-0.1, -0.05) is 36.4 Å². The van der Waals surface area contributed by atoms with Crippen LogP contribution in [0.2, 0.25) is 0 Å². The van der Waals surface area contributed by atoms with Crippen molar-refractivity contribution in [1.82, 2.24) is 4.90 Å². The normalized spacial score (nSPS) is 18.8. The maximum Gasteiger partial charge on any atom is 0.308 e. The van der Waals surface area contributed by atoms with Gasteiger partial charge in [-0.3, -0.25) is 4.79 Å². The smallest absolute Gasteiger partial charge is 0.308 e. The maximum atomic E-state index is 11.5. The summed E-state index contributed by atoms with van der Waals surface area (Å²) in [4.78, 5) is 13.9. The van der Waals surface area contributed by atoms with Crippen molar-refractivity contribution < 1.29 is 9.53 Å². The van der Waals surface area contributed by atoms with Crippen molar-refractivity contribution in [3.63, 3.8) is 0 Å². The molecule has 2 aromatic carbocycles. The molecule has 0 atom stereocenters. The van der Waals surface area contributed by atoms with Crippen molar-refractivity contribution >= 4 is 5.97 Å². The first-order chi connectivity index (χ1) is 11.6. The van der Waals surface area contributed by atoms with Crippen molar-refractivity contribution in [3.05, 3.63) is 64.7 Å². The Balaban J connectivity index is 1.91. The average Bonchev–Trinajstić information content (AvgIpc) is 2.58. The minimum absolute atomic E-state index is 0.0485. The number of esters is 1. The zero-order valence-electron chi connectivity index (χ0n) is 14.3. The highest BCUT2D eigenvalue weighted by Gasteiger charge is 2.43. The summed E-state index contributed by atoms with van der Waals surface area (Å²) in [7, 11) is 2.19. The van der Waals surface area contributed by atoms with E-state index in [1.54, 1.807) is 0 Å². The van der Waals surface area contributed by atoms with E-state index in [1.165, 1.54) is 29.2 Å². The van der Waals surface area contributed by atoms with E-state index in [-0.39, 0.29) is 11.4 Å².